The fourth-order valence-electron chi connectivity index (χ4n) is 0.964. The number of halogens is 2. The summed E-state index contributed by atoms with van der Waals surface area (Å²) in [6, 6.07) is 0. The molecule has 1 amide bonds. The predicted octanol–water partition coefficient (Wildman–Crippen LogP) is -0.674. The van der Waals surface area contributed by atoms with Crippen LogP contribution in [-0.4, -0.2) is 24.9 Å². The highest BCUT2D eigenvalue weighted by Crippen LogP contribution is 2.27. The zero-order valence-corrected chi connectivity index (χ0v) is 5.23. The van der Waals surface area contributed by atoms with Crippen molar-refractivity contribution < 1.29 is 13.6 Å². The molecule has 0 radical (unpaired) electrons. The second-order valence-electron chi connectivity index (χ2n) is 2.35. The molecule has 0 aliphatic carbocycles. The van der Waals surface area contributed by atoms with E-state index in [-0.39, 0.29) is 6.54 Å². The number of hydrogen-bond acceptors (Lipinski definition) is 2. The van der Waals surface area contributed by atoms with Crippen LogP contribution in [-0.2, 0) is 4.79 Å². The number of primary amides is 1. The molecule has 0 aromatic carbocycles. The van der Waals surface area contributed by atoms with E-state index in [1.165, 1.54) is 0 Å². The summed E-state index contributed by atoms with van der Waals surface area (Å²) in [4.78, 5) is 10.3. The SMILES string of the molecule is NC(=O)C1CNCC1(F)F. The van der Waals surface area contributed by atoms with Gasteiger partial charge in [-0.3, -0.25) is 4.79 Å². The van der Waals surface area contributed by atoms with Crippen LogP contribution in [0.25, 0.3) is 0 Å². The van der Waals surface area contributed by atoms with Crippen molar-refractivity contribution in [1.29, 1.82) is 0 Å². The van der Waals surface area contributed by atoms with Gasteiger partial charge in [0.1, 0.15) is 5.92 Å². The second-order valence-corrected chi connectivity index (χ2v) is 2.35. The number of carbonyl (C=O) groups excluding carboxylic acids is 1. The minimum absolute atomic E-state index is 0.0116. The Hall–Kier alpha value is -0.710. The summed E-state index contributed by atoms with van der Waals surface area (Å²) >= 11 is 0. The maximum atomic E-state index is 12.5. The Bertz CT molecular complexity index is 160. The van der Waals surface area contributed by atoms with E-state index in [9.17, 15) is 13.6 Å². The van der Waals surface area contributed by atoms with E-state index in [1.807, 2.05) is 0 Å². The molecule has 0 spiro atoms. The molecule has 1 heterocycles. The van der Waals surface area contributed by atoms with Crippen molar-refractivity contribution >= 4 is 5.91 Å². The highest BCUT2D eigenvalue weighted by atomic mass is 19.3. The Balaban J connectivity index is 2.68. The molecule has 10 heavy (non-hydrogen) atoms. The smallest absolute Gasteiger partial charge is 0.273 e. The van der Waals surface area contributed by atoms with E-state index in [0.29, 0.717) is 0 Å². The van der Waals surface area contributed by atoms with Gasteiger partial charge in [-0.05, 0) is 0 Å². The van der Waals surface area contributed by atoms with Gasteiger partial charge in [0.05, 0.1) is 6.54 Å². The highest BCUT2D eigenvalue weighted by molar-refractivity contribution is 5.78. The van der Waals surface area contributed by atoms with Gasteiger partial charge >= 0.3 is 0 Å². The maximum absolute atomic E-state index is 12.5. The Morgan fingerprint density at radius 2 is 2.30 bits per heavy atom. The second kappa shape index (κ2) is 2.16. The van der Waals surface area contributed by atoms with Crippen molar-refractivity contribution in [3.05, 3.63) is 0 Å². The fraction of sp³-hybridized carbons (Fsp3) is 0.800. The summed E-state index contributed by atoms with van der Waals surface area (Å²) in [6.45, 7) is -0.455. The highest BCUT2D eigenvalue weighted by Gasteiger charge is 2.47. The van der Waals surface area contributed by atoms with Crippen LogP contribution in [0, 0.1) is 5.92 Å². The lowest BCUT2D eigenvalue weighted by Gasteiger charge is -2.12. The van der Waals surface area contributed by atoms with Crippen molar-refractivity contribution in [2.45, 2.75) is 5.92 Å². The van der Waals surface area contributed by atoms with Crippen molar-refractivity contribution in [3.8, 4) is 0 Å². The minimum atomic E-state index is -2.95. The standard InChI is InChI=1S/C5H8F2N2O/c6-5(7)2-9-1-3(5)4(8)10/h3,9H,1-2H2,(H2,8,10). The molecule has 1 saturated heterocycles. The topological polar surface area (TPSA) is 55.1 Å². The van der Waals surface area contributed by atoms with Crippen molar-refractivity contribution in [2.24, 2.45) is 11.7 Å². The van der Waals surface area contributed by atoms with E-state index in [4.69, 9.17) is 5.73 Å². The Morgan fingerprint density at radius 3 is 2.50 bits per heavy atom. The zero-order chi connectivity index (χ0) is 7.78. The molecule has 0 aromatic heterocycles. The van der Waals surface area contributed by atoms with E-state index < -0.39 is 24.3 Å². The number of alkyl halides is 2. The average Bonchev–Trinajstić information content (AvgIpc) is 2.08. The number of nitrogens with two attached hydrogens (primary N) is 1. The lowest BCUT2D eigenvalue weighted by molar-refractivity contribution is -0.130. The van der Waals surface area contributed by atoms with E-state index in [0.717, 1.165) is 0 Å². The molecule has 1 aliphatic rings. The van der Waals surface area contributed by atoms with Crippen LogP contribution < -0.4 is 11.1 Å². The van der Waals surface area contributed by atoms with Gasteiger partial charge in [-0.1, -0.05) is 0 Å². The number of amides is 1. The van der Waals surface area contributed by atoms with E-state index in [1.54, 1.807) is 0 Å². The third-order valence-corrected chi connectivity index (χ3v) is 1.56. The molecule has 0 bridgehead atoms. The molecule has 3 nitrogen and oxygen atoms in total. The fourth-order valence-corrected chi connectivity index (χ4v) is 0.964. The molecule has 1 atom stereocenters. The molecular formula is C5H8F2N2O. The van der Waals surface area contributed by atoms with E-state index in [2.05, 4.69) is 5.32 Å². The first-order chi connectivity index (χ1) is 4.54. The zero-order valence-electron chi connectivity index (χ0n) is 5.23. The molecule has 1 aliphatic heterocycles. The summed E-state index contributed by atoms with van der Waals surface area (Å²) in [5.74, 6) is -5.21. The number of carbonyl (C=O) groups is 1. The van der Waals surface area contributed by atoms with Crippen molar-refractivity contribution in [2.75, 3.05) is 13.1 Å². The largest absolute Gasteiger partial charge is 0.369 e. The monoisotopic (exact) mass is 150 g/mol. The first-order valence-corrected chi connectivity index (χ1v) is 2.92. The third kappa shape index (κ3) is 1.09. The summed E-state index contributed by atoms with van der Waals surface area (Å²) in [7, 11) is 0. The van der Waals surface area contributed by atoms with Gasteiger partial charge in [-0.15, -0.1) is 0 Å². The Labute approximate surface area is 56.6 Å². The van der Waals surface area contributed by atoms with Gasteiger partial charge < -0.3 is 11.1 Å². The molecule has 1 unspecified atom stereocenters. The van der Waals surface area contributed by atoms with Crippen LogP contribution in [0.15, 0.2) is 0 Å². The van der Waals surface area contributed by atoms with Gasteiger partial charge in [0, 0.05) is 6.54 Å². The normalized spacial score (nSPS) is 30.4. The Morgan fingerprint density at radius 1 is 1.70 bits per heavy atom. The van der Waals surface area contributed by atoms with Crippen molar-refractivity contribution in [1.82, 2.24) is 5.32 Å². The van der Waals surface area contributed by atoms with Gasteiger partial charge in [-0.25, -0.2) is 8.78 Å². The molecule has 58 valence electrons. The van der Waals surface area contributed by atoms with Gasteiger partial charge in [0.2, 0.25) is 5.91 Å². The van der Waals surface area contributed by atoms with Crippen LogP contribution in [0.5, 0.6) is 0 Å². The predicted molar refractivity (Wildman–Crippen MR) is 30.5 cm³/mol. The van der Waals surface area contributed by atoms with Crippen LogP contribution in [0.2, 0.25) is 0 Å². The molecule has 1 rings (SSSR count). The average molecular weight is 150 g/mol. The maximum Gasteiger partial charge on any atom is 0.273 e. The van der Waals surface area contributed by atoms with Gasteiger partial charge in [0.25, 0.3) is 5.92 Å². The summed E-state index contributed by atoms with van der Waals surface area (Å²) in [5, 5.41) is 2.39. The molecule has 0 saturated carbocycles. The summed E-state index contributed by atoms with van der Waals surface area (Å²) in [5.41, 5.74) is 4.71. The van der Waals surface area contributed by atoms with Gasteiger partial charge in [-0.2, -0.15) is 0 Å². The third-order valence-electron chi connectivity index (χ3n) is 1.56. The Kier molecular flexibility index (Phi) is 1.60. The number of nitrogens with one attached hydrogen (secondary N) is 1. The van der Waals surface area contributed by atoms with Crippen molar-refractivity contribution in [3.63, 3.8) is 0 Å². The first kappa shape index (κ1) is 7.40. The van der Waals surface area contributed by atoms with Crippen LogP contribution >= 0.6 is 0 Å². The summed E-state index contributed by atoms with van der Waals surface area (Å²) in [6.07, 6.45) is 0. The minimum Gasteiger partial charge on any atom is -0.369 e. The lowest BCUT2D eigenvalue weighted by atomic mass is 10.1. The van der Waals surface area contributed by atoms with Crippen LogP contribution in [0.1, 0.15) is 0 Å². The van der Waals surface area contributed by atoms with Crippen LogP contribution in [0.3, 0.4) is 0 Å². The first-order valence-electron chi connectivity index (χ1n) is 2.92. The van der Waals surface area contributed by atoms with Crippen LogP contribution in [0.4, 0.5) is 8.78 Å². The molecule has 0 aromatic rings. The summed E-state index contributed by atoms with van der Waals surface area (Å²) < 4.78 is 25.0. The molecule has 5 heteroatoms. The number of hydrogen-bond donors (Lipinski definition) is 2. The van der Waals surface area contributed by atoms with Gasteiger partial charge in [0.15, 0.2) is 0 Å². The number of rotatable bonds is 1. The molecule has 1 fully saturated rings. The quantitative estimate of drug-likeness (QED) is 0.520. The lowest BCUT2D eigenvalue weighted by Crippen LogP contribution is -2.37. The molecular weight excluding hydrogens is 142 g/mol. The molecule has 3 N–H and O–H groups in total. The van der Waals surface area contributed by atoms with E-state index >= 15 is 0 Å².